The first-order chi connectivity index (χ1) is 22.2. The van der Waals surface area contributed by atoms with E-state index < -0.39 is 85.0 Å². The highest BCUT2D eigenvalue weighted by atomic mass is 16.4. The molecule has 0 bridgehead atoms. The number of carboxylic acids is 1. The summed E-state index contributed by atoms with van der Waals surface area (Å²) < 4.78 is 0. The molecule has 0 spiro atoms. The highest BCUT2D eigenvalue weighted by molar-refractivity contribution is 5.96. The summed E-state index contributed by atoms with van der Waals surface area (Å²) in [5.41, 5.74) is 6.62. The van der Waals surface area contributed by atoms with Crippen LogP contribution in [-0.4, -0.2) is 110 Å². The van der Waals surface area contributed by atoms with Gasteiger partial charge in [-0.25, -0.2) is 4.98 Å². The first-order valence-electron chi connectivity index (χ1n) is 15.0. The molecule has 0 aliphatic heterocycles. The Morgan fingerprint density at radius 1 is 0.745 bits per heavy atom. The van der Waals surface area contributed by atoms with Gasteiger partial charge in [-0.05, 0) is 24.8 Å². The fourth-order valence-corrected chi connectivity index (χ4v) is 4.34. The van der Waals surface area contributed by atoms with Crippen LogP contribution in [0.2, 0.25) is 0 Å². The van der Waals surface area contributed by atoms with Crippen LogP contribution >= 0.6 is 0 Å². The zero-order valence-corrected chi connectivity index (χ0v) is 26.4. The quantitative estimate of drug-likeness (QED) is 0.0729. The molecule has 0 unspecified atom stereocenters. The molecule has 1 aromatic heterocycles. The van der Waals surface area contributed by atoms with Gasteiger partial charge in [0.05, 0.1) is 19.5 Å². The number of rotatable bonds is 19. The molecule has 0 radical (unpaired) electrons. The molecule has 258 valence electrons. The molecule has 2 rings (SSSR count). The summed E-state index contributed by atoms with van der Waals surface area (Å²) >= 11 is 0. The number of carbonyl (C=O) groups excluding carboxylic acids is 5. The Kier molecular flexibility index (Phi) is 15.4. The molecule has 1 aromatic carbocycles. The predicted octanol–water partition coefficient (Wildman–Crippen LogP) is -2.92. The molecule has 2 aromatic rings. The summed E-state index contributed by atoms with van der Waals surface area (Å²) in [6.45, 7) is 3.35. The van der Waals surface area contributed by atoms with Gasteiger partial charge < -0.3 is 52.6 Å². The van der Waals surface area contributed by atoms with Crippen LogP contribution in [0.1, 0.15) is 38.4 Å². The Bertz CT molecular complexity index is 1340. The molecule has 0 saturated carbocycles. The molecular weight excluding hydrogens is 616 g/mol. The van der Waals surface area contributed by atoms with Crippen LogP contribution in [0.25, 0.3) is 0 Å². The van der Waals surface area contributed by atoms with Gasteiger partial charge in [0, 0.05) is 24.7 Å². The second-order valence-corrected chi connectivity index (χ2v) is 11.4. The Balaban J connectivity index is 2.31. The Labute approximate surface area is 271 Å². The number of nitrogens with two attached hydrogens (primary N) is 1. The number of H-pyrrole nitrogens is 1. The minimum atomic E-state index is -1.50. The van der Waals surface area contributed by atoms with Crippen LogP contribution in [0.3, 0.4) is 0 Å². The maximum Gasteiger partial charge on any atom is 0.325 e. The number of nitrogens with one attached hydrogen (secondary N) is 6. The van der Waals surface area contributed by atoms with Gasteiger partial charge >= 0.3 is 5.97 Å². The molecule has 0 saturated heterocycles. The van der Waals surface area contributed by atoms with Gasteiger partial charge in [-0.2, -0.15) is 0 Å². The van der Waals surface area contributed by atoms with Crippen molar-refractivity contribution in [2.75, 3.05) is 13.2 Å². The van der Waals surface area contributed by atoms with E-state index in [2.05, 4.69) is 36.6 Å². The third-order valence-corrected chi connectivity index (χ3v) is 6.95. The maximum absolute atomic E-state index is 13.7. The van der Waals surface area contributed by atoms with Crippen molar-refractivity contribution in [1.82, 2.24) is 36.6 Å². The van der Waals surface area contributed by atoms with E-state index in [1.54, 1.807) is 30.3 Å². The number of nitrogens with zero attached hydrogens (tertiary/aromatic N) is 1. The van der Waals surface area contributed by atoms with E-state index in [0.29, 0.717) is 11.3 Å². The molecule has 1 heterocycles. The minimum absolute atomic E-state index is 0.0331. The third-order valence-electron chi connectivity index (χ3n) is 6.95. The number of imidazole rings is 1. The van der Waals surface area contributed by atoms with Gasteiger partial charge in [-0.3, -0.25) is 28.8 Å². The topological polar surface area (TPSA) is 278 Å². The van der Waals surface area contributed by atoms with Crippen molar-refractivity contribution in [3.8, 4) is 0 Å². The number of aliphatic carboxylic acids is 1. The molecule has 6 atom stereocenters. The molecule has 47 heavy (non-hydrogen) atoms. The zero-order valence-electron chi connectivity index (χ0n) is 26.4. The molecule has 0 aliphatic rings. The summed E-state index contributed by atoms with van der Waals surface area (Å²) in [6.07, 6.45) is 2.85. The van der Waals surface area contributed by atoms with Crippen LogP contribution in [0.4, 0.5) is 0 Å². The van der Waals surface area contributed by atoms with E-state index >= 15 is 0 Å². The van der Waals surface area contributed by atoms with Crippen LogP contribution < -0.4 is 32.3 Å². The number of carbonyl (C=O) groups is 6. The van der Waals surface area contributed by atoms with Crippen LogP contribution in [-0.2, 0) is 41.6 Å². The molecule has 17 heteroatoms. The lowest BCUT2D eigenvalue weighted by Crippen LogP contribution is -2.60. The molecule has 0 aliphatic carbocycles. The van der Waals surface area contributed by atoms with Crippen LogP contribution in [0.15, 0.2) is 42.9 Å². The van der Waals surface area contributed by atoms with Gasteiger partial charge in [0.25, 0.3) is 0 Å². The molecule has 0 fully saturated rings. The fraction of sp³-hybridized carbons (Fsp3) is 0.500. The normalized spacial score (nSPS) is 14.9. The van der Waals surface area contributed by atoms with Crippen molar-refractivity contribution >= 4 is 35.5 Å². The van der Waals surface area contributed by atoms with Gasteiger partial charge in [-0.15, -0.1) is 0 Å². The van der Waals surface area contributed by atoms with Gasteiger partial charge in [0.15, 0.2) is 0 Å². The summed E-state index contributed by atoms with van der Waals surface area (Å²) in [7, 11) is 0. The number of hydrogen-bond donors (Lipinski definition) is 10. The minimum Gasteiger partial charge on any atom is -0.480 e. The lowest BCUT2D eigenvalue weighted by Gasteiger charge is -2.27. The average Bonchev–Trinajstić information content (AvgIpc) is 3.55. The van der Waals surface area contributed by atoms with E-state index in [1.165, 1.54) is 19.4 Å². The van der Waals surface area contributed by atoms with Crippen molar-refractivity contribution in [2.24, 2.45) is 11.7 Å². The second-order valence-electron chi connectivity index (χ2n) is 11.4. The van der Waals surface area contributed by atoms with Crippen molar-refractivity contribution < 1.29 is 44.1 Å². The lowest BCUT2D eigenvalue weighted by molar-refractivity contribution is -0.141. The number of benzene rings is 1. The zero-order chi connectivity index (χ0) is 35.1. The third kappa shape index (κ3) is 12.8. The smallest absolute Gasteiger partial charge is 0.325 e. The van der Waals surface area contributed by atoms with Gasteiger partial charge in [0.2, 0.25) is 29.5 Å². The largest absolute Gasteiger partial charge is 0.480 e. The van der Waals surface area contributed by atoms with Gasteiger partial charge in [0.1, 0.15) is 36.3 Å². The average molecular weight is 661 g/mol. The van der Waals surface area contributed by atoms with E-state index in [9.17, 15) is 39.0 Å². The van der Waals surface area contributed by atoms with Crippen LogP contribution in [0, 0.1) is 5.92 Å². The van der Waals surface area contributed by atoms with Crippen molar-refractivity contribution in [1.29, 1.82) is 0 Å². The number of aromatic amines is 1. The Morgan fingerprint density at radius 3 is 1.81 bits per heavy atom. The summed E-state index contributed by atoms with van der Waals surface area (Å²) in [6, 6.07) is 0.828. The summed E-state index contributed by atoms with van der Waals surface area (Å²) in [5.74, 6) is -5.50. The number of carboxylic acid groups (broad SMARTS) is 1. The standard InChI is InChI=1S/C30H44N8O9/c1-16(2)9-21(27(43)37-23(11-19-12-32-15-33-19)26(42)34-17(3)30(46)47)35-28(44)22(10-18-7-5-4-6-8-18)36-29(45)24(14-40)38-25(41)20(31)13-39/h4-8,12,15-17,20-24,39-40H,9-11,13-14,31H2,1-3H3,(H,32,33)(H,34,42)(H,35,44)(H,36,45)(H,37,43)(H,38,41)(H,46,47)/t17-,20-,21-,22-,23-,24-/m0/s1. The molecular formula is C30H44N8O9. The highest BCUT2D eigenvalue weighted by Gasteiger charge is 2.33. The lowest BCUT2D eigenvalue weighted by atomic mass is 10.00. The van der Waals surface area contributed by atoms with Crippen molar-refractivity contribution in [3.05, 3.63) is 54.1 Å². The summed E-state index contributed by atoms with van der Waals surface area (Å²) in [5, 5.41) is 40.4. The van der Waals surface area contributed by atoms with E-state index in [-0.39, 0.29) is 25.2 Å². The number of amides is 5. The number of aromatic nitrogens is 2. The SMILES string of the molecule is CC(C)C[C@H](NC(=O)[C@H](Cc1ccccc1)NC(=O)[C@H](CO)NC(=O)[C@@H](N)CO)C(=O)N[C@@H](Cc1cnc[nH]1)C(=O)N[C@@H](C)C(=O)O. The summed E-state index contributed by atoms with van der Waals surface area (Å²) in [4.78, 5) is 83.6. The predicted molar refractivity (Wildman–Crippen MR) is 167 cm³/mol. The fourth-order valence-electron chi connectivity index (χ4n) is 4.34. The van der Waals surface area contributed by atoms with Gasteiger partial charge in [-0.1, -0.05) is 44.2 Å². The number of aliphatic hydroxyl groups is 2. The molecule has 5 amide bonds. The molecule has 17 nitrogen and oxygen atoms in total. The van der Waals surface area contributed by atoms with E-state index in [1.807, 2.05) is 13.8 Å². The molecule has 11 N–H and O–H groups in total. The van der Waals surface area contributed by atoms with Crippen LogP contribution in [0.5, 0.6) is 0 Å². The Hall–Kier alpha value is -4.87. The number of aliphatic hydroxyl groups excluding tert-OH is 2. The van der Waals surface area contributed by atoms with Crippen molar-refractivity contribution in [2.45, 2.75) is 76.3 Å². The van der Waals surface area contributed by atoms with Crippen molar-refractivity contribution in [3.63, 3.8) is 0 Å². The highest BCUT2D eigenvalue weighted by Crippen LogP contribution is 2.10. The first kappa shape index (κ1) is 38.3. The number of hydrogen-bond acceptors (Lipinski definition) is 10. The first-order valence-corrected chi connectivity index (χ1v) is 15.0. The maximum atomic E-state index is 13.7. The Morgan fingerprint density at radius 2 is 1.28 bits per heavy atom. The van der Waals surface area contributed by atoms with E-state index in [0.717, 1.165) is 0 Å². The van der Waals surface area contributed by atoms with E-state index in [4.69, 9.17) is 10.8 Å². The second kappa shape index (κ2) is 18.9. The monoisotopic (exact) mass is 660 g/mol.